The van der Waals surface area contributed by atoms with E-state index in [1.807, 2.05) is 0 Å². The van der Waals surface area contributed by atoms with Crippen molar-refractivity contribution in [2.24, 2.45) is 0 Å². The van der Waals surface area contributed by atoms with Gasteiger partial charge in [0, 0.05) is 24.0 Å². The third-order valence-electron chi connectivity index (χ3n) is 5.91. The molecule has 0 spiro atoms. The number of carbonyl (C=O) groups is 2. The smallest absolute Gasteiger partial charge is 0.435 e. The van der Waals surface area contributed by atoms with Gasteiger partial charge < -0.3 is 19.5 Å². The Morgan fingerprint density at radius 1 is 1.08 bits per heavy atom. The van der Waals surface area contributed by atoms with Gasteiger partial charge in [-0.15, -0.1) is 5.10 Å². The van der Waals surface area contributed by atoms with E-state index in [1.54, 1.807) is 79.0 Å². The molecule has 1 saturated heterocycles. The Hall–Kier alpha value is -4.09. The molecule has 192 valence electrons. The molecular formula is C26H28N6O5. The zero-order valence-electron chi connectivity index (χ0n) is 20.9. The van der Waals surface area contributed by atoms with E-state index in [0.29, 0.717) is 65.4 Å². The molecular weight excluding hydrogens is 476 g/mol. The summed E-state index contributed by atoms with van der Waals surface area (Å²) in [5.74, 6) is -0.0343. The van der Waals surface area contributed by atoms with Gasteiger partial charge in [0.2, 0.25) is 0 Å². The normalized spacial score (nSPS) is 14.2. The molecule has 1 fully saturated rings. The van der Waals surface area contributed by atoms with Crippen LogP contribution in [0.25, 0.3) is 28.0 Å². The number of aliphatic hydroxyl groups excluding tert-OH is 1. The molecule has 0 saturated carbocycles. The van der Waals surface area contributed by atoms with E-state index in [2.05, 4.69) is 15.4 Å². The average Bonchev–Trinajstić information content (AvgIpc) is 3.53. The summed E-state index contributed by atoms with van der Waals surface area (Å²) in [4.78, 5) is 27.4. The first-order chi connectivity index (χ1) is 17.7. The average molecular weight is 505 g/mol. The van der Waals surface area contributed by atoms with Crippen molar-refractivity contribution in [3.63, 3.8) is 0 Å². The third-order valence-corrected chi connectivity index (χ3v) is 5.91. The van der Waals surface area contributed by atoms with E-state index >= 15 is 0 Å². The first-order valence-electron chi connectivity index (χ1n) is 12.0. The summed E-state index contributed by atoms with van der Waals surface area (Å²) in [6, 6.07) is 12.3. The zero-order valence-corrected chi connectivity index (χ0v) is 20.9. The van der Waals surface area contributed by atoms with Crippen LogP contribution in [-0.4, -0.2) is 78.7 Å². The van der Waals surface area contributed by atoms with Gasteiger partial charge in [-0.1, -0.05) is 11.3 Å². The highest BCUT2D eigenvalue weighted by Gasteiger charge is 2.24. The number of aromatic nitrogens is 5. The molecule has 4 aromatic rings. The van der Waals surface area contributed by atoms with E-state index in [0.717, 1.165) is 0 Å². The van der Waals surface area contributed by atoms with Crippen molar-refractivity contribution in [2.45, 2.75) is 33.0 Å². The lowest BCUT2D eigenvalue weighted by Gasteiger charge is -2.26. The van der Waals surface area contributed by atoms with Crippen molar-refractivity contribution >= 4 is 22.9 Å². The number of morpholine rings is 1. The van der Waals surface area contributed by atoms with Gasteiger partial charge in [-0.05, 0) is 62.7 Å². The monoisotopic (exact) mass is 504 g/mol. The standard InChI is InChI=1S/C26H28N6O5/c1-26(2,3)37-25(35)32-22-9-4-17(16-33)14-20(22)23(28-32)21-15-31(29-27-21)19-7-5-18(6-8-19)24(34)30-10-12-36-13-11-30/h4-9,14-15,33H,10-13,16H2,1-3H3. The molecule has 1 N–H and O–H groups in total. The second-order valence-electron chi connectivity index (χ2n) is 9.75. The van der Waals surface area contributed by atoms with Gasteiger partial charge in [-0.2, -0.15) is 9.78 Å². The van der Waals surface area contributed by atoms with Crippen molar-refractivity contribution in [1.29, 1.82) is 0 Å². The number of aliphatic hydroxyl groups is 1. The van der Waals surface area contributed by atoms with Crippen LogP contribution in [0.15, 0.2) is 48.7 Å². The Bertz CT molecular complexity index is 1440. The van der Waals surface area contributed by atoms with Gasteiger partial charge in [0.1, 0.15) is 17.0 Å². The molecule has 0 bridgehead atoms. The minimum Gasteiger partial charge on any atom is -0.442 e. The van der Waals surface area contributed by atoms with Crippen molar-refractivity contribution in [3.05, 3.63) is 59.8 Å². The largest absolute Gasteiger partial charge is 0.442 e. The molecule has 3 heterocycles. The lowest BCUT2D eigenvalue weighted by molar-refractivity contribution is 0.0303. The summed E-state index contributed by atoms with van der Waals surface area (Å²) in [5.41, 5.74) is 2.68. The second-order valence-corrected chi connectivity index (χ2v) is 9.75. The van der Waals surface area contributed by atoms with Gasteiger partial charge >= 0.3 is 6.09 Å². The van der Waals surface area contributed by atoms with Crippen LogP contribution < -0.4 is 0 Å². The molecule has 1 amide bonds. The van der Waals surface area contributed by atoms with Gasteiger partial charge in [0.05, 0.1) is 37.2 Å². The summed E-state index contributed by atoms with van der Waals surface area (Å²) < 4.78 is 13.6. The van der Waals surface area contributed by atoms with E-state index in [1.165, 1.54) is 4.68 Å². The van der Waals surface area contributed by atoms with Crippen LogP contribution >= 0.6 is 0 Å². The van der Waals surface area contributed by atoms with Crippen LogP contribution in [0.2, 0.25) is 0 Å². The van der Waals surface area contributed by atoms with Crippen molar-refractivity contribution < 1.29 is 24.2 Å². The maximum atomic E-state index is 12.9. The van der Waals surface area contributed by atoms with Crippen LogP contribution in [0.3, 0.4) is 0 Å². The maximum absolute atomic E-state index is 12.9. The summed E-state index contributed by atoms with van der Waals surface area (Å²) in [5, 5.41) is 23.3. The van der Waals surface area contributed by atoms with E-state index in [-0.39, 0.29) is 12.5 Å². The summed E-state index contributed by atoms with van der Waals surface area (Å²) in [7, 11) is 0. The lowest BCUT2D eigenvalue weighted by Crippen LogP contribution is -2.40. The molecule has 11 nitrogen and oxygen atoms in total. The molecule has 0 unspecified atom stereocenters. The lowest BCUT2D eigenvalue weighted by atomic mass is 10.1. The number of ether oxygens (including phenoxy) is 2. The van der Waals surface area contributed by atoms with Gasteiger partial charge in [-0.25, -0.2) is 9.48 Å². The number of hydrogen-bond acceptors (Lipinski definition) is 8. The van der Waals surface area contributed by atoms with Crippen LogP contribution in [0.5, 0.6) is 0 Å². The quantitative estimate of drug-likeness (QED) is 0.450. The predicted octanol–water partition coefficient (Wildman–Crippen LogP) is 3.03. The highest BCUT2D eigenvalue weighted by Crippen LogP contribution is 2.29. The Morgan fingerprint density at radius 2 is 1.81 bits per heavy atom. The SMILES string of the molecule is CC(C)(C)OC(=O)n1nc(-c2cn(-c3ccc(C(=O)N4CCOCC4)cc3)nn2)c2cc(CO)ccc21. The number of fused-ring (bicyclic) bond motifs is 1. The number of rotatable bonds is 4. The summed E-state index contributed by atoms with van der Waals surface area (Å²) in [6.45, 7) is 7.44. The van der Waals surface area contributed by atoms with Gasteiger partial charge in [-0.3, -0.25) is 4.79 Å². The number of carbonyl (C=O) groups excluding carboxylic acids is 2. The summed E-state index contributed by atoms with van der Waals surface area (Å²) in [6.07, 6.45) is 1.08. The molecule has 0 aliphatic carbocycles. The van der Waals surface area contributed by atoms with Gasteiger partial charge in [0.25, 0.3) is 5.91 Å². The molecule has 5 rings (SSSR count). The number of nitrogens with zero attached hydrogens (tertiary/aromatic N) is 6. The molecule has 11 heteroatoms. The van der Waals surface area contributed by atoms with Crippen molar-refractivity contribution in [3.8, 4) is 17.1 Å². The molecule has 1 aliphatic heterocycles. The summed E-state index contributed by atoms with van der Waals surface area (Å²) >= 11 is 0. The first kappa shape index (κ1) is 24.6. The van der Waals surface area contributed by atoms with E-state index in [9.17, 15) is 14.7 Å². The Labute approximate surface area is 213 Å². The molecule has 1 aliphatic rings. The zero-order chi connectivity index (χ0) is 26.2. The third kappa shape index (κ3) is 5.09. The Morgan fingerprint density at radius 3 is 2.49 bits per heavy atom. The van der Waals surface area contributed by atoms with E-state index in [4.69, 9.17) is 9.47 Å². The molecule has 2 aromatic heterocycles. The van der Waals surface area contributed by atoms with Crippen LogP contribution in [0.4, 0.5) is 4.79 Å². The van der Waals surface area contributed by atoms with Crippen LogP contribution in [0.1, 0.15) is 36.7 Å². The van der Waals surface area contributed by atoms with Gasteiger partial charge in [0.15, 0.2) is 0 Å². The van der Waals surface area contributed by atoms with Crippen LogP contribution in [-0.2, 0) is 16.1 Å². The highest BCUT2D eigenvalue weighted by atomic mass is 16.6. The highest BCUT2D eigenvalue weighted by molar-refractivity contribution is 5.97. The maximum Gasteiger partial charge on any atom is 0.435 e. The number of benzene rings is 2. The minimum absolute atomic E-state index is 0.0343. The molecule has 2 aromatic carbocycles. The predicted molar refractivity (Wildman–Crippen MR) is 134 cm³/mol. The fraction of sp³-hybridized carbons (Fsp3) is 0.346. The molecule has 0 radical (unpaired) electrons. The van der Waals surface area contributed by atoms with Crippen LogP contribution in [0, 0.1) is 0 Å². The first-order valence-corrected chi connectivity index (χ1v) is 12.0. The minimum atomic E-state index is -0.695. The van der Waals surface area contributed by atoms with Crippen molar-refractivity contribution in [2.75, 3.05) is 26.3 Å². The Balaban J connectivity index is 1.46. The topological polar surface area (TPSA) is 125 Å². The number of amides is 1. The second kappa shape index (κ2) is 9.75. The molecule has 0 atom stereocenters. The Kier molecular flexibility index (Phi) is 6.48. The fourth-order valence-corrected chi connectivity index (χ4v) is 4.10. The fourth-order valence-electron chi connectivity index (χ4n) is 4.10. The number of hydrogen-bond donors (Lipinski definition) is 1. The van der Waals surface area contributed by atoms with E-state index < -0.39 is 11.7 Å². The molecule has 37 heavy (non-hydrogen) atoms. The van der Waals surface area contributed by atoms with Crippen molar-refractivity contribution in [1.82, 2.24) is 29.7 Å².